The largest absolute Gasteiger partial charge is 0.501 e. The number of hydrogen-bond donors (Lipinski definition) is 0. The highest BCUT2D eigenvalue weighted by molar-refractivity contribution is 5.58. The standard InChI is InChI=1S/C13H21NO/c1-10(7-8-14-3)12-6-5-11(2)13(9-12)15-4/h6,8-11H,5,7H2,1-4H3. The third-order valence-electron chi connectivity index (χ3n) is 2.95. The van der Waals surface area contributed by atoms with Crippen LogP contribution in [0.15, 0.2) is 28.5 Å². The molecule has 1 rings (SSSR count). The van der Waals surface area contributed by atoms with Gasteiger partial charge in [-0.15, -0.1) is 0 Å². The van der Waals surface area contributed by atoms with E-state index in [9.17, 15) is 0 Å². The van der Waals surface area contributed by atoms with Crippen LogP contribution in [0.3, 0.4) is 0 Å². The van der Waals surface area contributed by atoms with Crippen molar-refractivity contribution in [2.24, 2.45) is 16.8 Å². The third kappa shape index (κ3) is 3.22. The molecule has 2 heteroatoms. The van der Waals surface area contributed by atoms with Crippen molar-refractivity contribution in [3.05, 3.63) is 23.5 Å². The Morgan fingerprint density at radius 1 is 1.67 bits per heavy atom. The molecule has 1 aliphatic carbocycles. The van der Waals surface area contributed by atoms with Gasteiger partial charge in [0.05, 0.1) is 12.9 Å². The average Bonchev–Trinajstić information content (AvgIpc) is 2.26. The molecule has 0 aliphatic heterocycles. The Balaban J connectivity index is 2.67. The van der Waals surface area contributed by atoms with E-state index in [1.54, 1.807) is 7.11 Å². The number of hydrogen-bond acceptors (Lipinski definition) is 2. The molecular formula is C13H21NO. The Bertz CT molecular complexity index is 289. The first-order valence-electron chi connectivity index (χ1n) is 5.55. The Labute approximate surface area is 92.7 Å². The normalized spacial score (nSPS) is 23.6. The van der Waals surface area contributed by atoms with Crippen LogP contribution >= 0.6 is 0 Å². The molecule has 0 aromatic rings. The molecule has 0 fully saturated rings. The van der Waals surface area contributed by atoms with E-state index in [-0.39, 0.29) is 0 Å². The number of nitrogens with zero attached hydrogens (tertiary/aromatic N) is 1. The third-order valence-corrected chi connectivity index (χ3v) is 2.95. The molecule has 0 saturated heterocycles. The van der Waals surface area contributed by atoms with Gasteiger partial charge < -0.3 is 9.73 Å². The van der Waals surface area contributed by atoms with E-state index < -0.39 is 0 Å². The van der Waals surface area contributed by atoms with Gasteiger partial charge >= 0.3 is 0 Å². The Morgan fingerprint density at radius 3 is 3.00 bits per heavy atom. The van der Waals surface area contributed by atoms with Gasteiger partial charge in [0.2, 0.25) is 0 Å². The minimum atomic E-state index is 0.519. The zero-order valence-electron chi connectivity index (χ0n) is 10.2. The maximum atomic E-state index is 5.37. The molecule has 2 unspecified atom stereocenters. The zero-order chi connectivity index (χ0) is 11.3. The van der Waals surface area contributed by atoms with Crippen molar-refractivity contribution in [2.75, 3.05) is 14.2 Å². The summed E-state index contributed by atoms with van der Waals surface area (Å²) in [6.45, 7) is 4.42. The van der Waals surface area contributed by atoms with Crippen LogP contribution in [0.25, 0.3) is 0 Å². The summed E-state index contributed by atoms with van der Waals surface area (Å²) in [5.41, 5.74) is 1.38. The van der Waals surface area contributed by atoms with Gasteiger partial charge in [-0.25, -0.2) is 0 Å². The second-order valence-corrected chi connectivity index (χ2v) is 4.17. The van der Waals surface area contributed by atoms with Crippen molar-refractivity contribution in [3.8, 4) is 0 Å². The van der Waals surface area contributed by atoms with Crippen LogP contribution in [0.5, 0.6) is 0 Å². The molecule has 0 amide bonds. The van der Waals surface area contributed by atoms with Crippen molar-refractivity contribution >= 4 is 6.21 Å². The SMILES string of the molecule is CN=CCC(C)C1=CCC(C)C(OC)=C1. The van der Waals surface area contributed by atoms with Crippen molar-refractivity contribution in [1.82, 2.24) is 0 Å². The lowest BCUT2D eigenvalue weighted by Crippen LogP contribution is -2.09. The van der Waals surface area contributed by atoms with E-state index in [1.807, 2.05) is 13.3 Å². The van der Waals surface area contributed by atoms with Crippen LogP contribution in [0, 0.1) is 11.8 Å². The maximum Gasteiger partial charge on any atom is 0.0989 e. The van der Waals surface area contributed by atoms with Crippen LogP contribution in [0.4, 0.5) is 0 Å². The summed E-state index contributed by atoms with van der Waals surface area (Å²) in [7, 11) is 3.57. The van der Waals surface area contributed by atoms with Crippen LogP contribution in [-0.2, 0) is 4.74 Å². The topological polar surface area (TPSA) is 21.6 Å². The van der Waals surface area contributed by atoms with Crippen molar-refractivity contribution in [3.63, 3.8) is 0 Å². The predicted molar refractivity (Wildman–Crippen MR) is 65.2 cm³/mol. The molecule has 0 radical (unpaired) electrons. The summed E-state index contributed by atoms with van der Waals surface area (Å²) < 4.78 is 5.37. The van der Waals surface area contributed by atoms with E-state index in [1.165, 1.54) is 5.57 Å². The number of ether oxygens (including phenoxy) is 1. The maximum absolute atomic E-state index is 5.37. The highest BCUT2D eigenvalue weighted by Gasteiger charge is 2.16. The quantitative estimate of drug-likeness (QED) is 0.649. The first-order chi connectivity index (χ1) is 7.19. The second kappa shape index (κ2) is 5.74. The fourth-order valence-electron chi connectivity index (χ4n) is 1.80. The minimum absolute atomic E-state index is 0.519. The van der Waals surface area contributed by atoms with Gasteiger partial charge in [-0.05, 0) is 36.6 Å². The summed E-state index contributed by atoms with van der Waals surface area (Å²) in [5.74, 6) is 2.16. The van der Waals surface area contributed by atoms with Gasteiger partial charge in [0.25, 0.3) is 0 Å². The summed E-state index contributed by atoms with van der Waals surface area (Å²) in [6.07, 6.45) is 8.57. The van der Waals surface area contributed by atoms with E-state index in [0.717, 1.165) is 18.6 Å². The molecule has 1 aliphatic rings. The molecule has 0 N–H and O–H groups in total. The van der Waals surface area contributed by atoms with Gasteiger partial charge in [0, 0.05) is 13.0 Å². The summed E-state index contributed by atoms with van der Waals surface area (Å²) in [5, 5.41) is 0. The van der Waals surface area contributed by atoms with Gasteiger partial charge in [0.1, 0.15) is 0 Å². The smallest absolute Gasteiger partial charge is 0.0989 e. The van der Waals surface area contributed by atoms with E-state index in [2.05, 4.69) is 31.0 Å². The van der Waals surface area contributed by atoms with Crippen LogP contribution in [0.1, 0.15) is 26.7 Å². The van der Waals surface area contributed by atoms with E-state index in [0.29, 0.717) is 11.8 Å². The fraction of sp³-hybridized carbons (Fsp3) is 0.615. The zero-order valence-corrected chi connectivity index (χ0v) is 10.2. The molecule has 0 saturated carbocycles. The van der Waals surface area contributed by atoms with Gasteiger partial charge in [-0.2, -0.15) is 0 Å². The molecule has 0 aromatic carbocycles. The van der Waals surface area contributed by atoms with Gasteiger partial charge in [-0.3, -0.25) is 0 Å². The molecule has 0 spiro atoms. The second-order valence-electron chi connectivity index (χ2n) is 4.17. The number of methoxy groups -OCH3 is 1. The highest BCUT2D eigenvalue weighted by atomic mass is 16.5. The monoisotopic (exact) mass is 207 g/mol. The Morgan fingerprint density at radius 2 is 2.40 bits per heavy atom. The molecule has 2 nitrogen and oxygen atoms in total. The Hall–Kier alpha value is -1.05. The highest BCUT2D eigenvalue weighted by Crippen LogP contribution is 2.28. The molecule has 2 atom stereocenters. The van der Waals surface area contributed by atoms with Crippen LogP contribution in [0.2, 0.25) is 0 Å². The molecular weight excluding hydrogens is 186 g/mol. The summed E-state index contributed by atoms with van der Waals surface area (Å²) >= 11 is 0. The number of rotatable bonds is 4. The van der Waals surface area contributed by atoms with E-state index in [4.69, 9.17) is 4.74 Å². The average molecular weight is 207 g/mol. The molecule has 0 aromatic heterocycles. The predicted octanol–water partition coefficient (Wildman–Crippen LogP) is 3.21. The van der Waals surface area contributed by atoms with Gasteiger partial charge in [0.15, 0.2) is 0 Å². The molecule has 0 bridgehead atoms. The van der Waals surface area contributed by atoms with Crippen molar-refractivity contribution in [1.29, 1.82) is 0 Å². The summed E-state index contributed by atoms with van der Waals surface area (Å²) in [4.78, 5) is 4.02. The van der Waals surface area contributed by atoms with Crippen molar-refractivity contribution in [2.45, 2.75) is 26.7 Å². The first-order valence-corrected chi connectivity index (χ1v) is 5.55. The molecule has 84 valence electrons. The number of allylic oxidation sites excluding steroid dienone is 4. The summed E-state index contributed by atoms with van der Waals surface area (Å²) in [6, 6.07) is 0. The van der Waals surface area contributed by atoms with E-state index >= 15 is 0 Å². The minimum Gasteiger partial charge on any atom is -0.501 e. The Kier molecular flexibility index (Phi) is 4.60. The van der Waals surface area contributed by atoms with Gasteiger partial charge in [-0.1, -0.05) is 19.9 Å². The number of aliphatic imine (C=N–C) groups is 1. The molecule has 0 heterocycles. The van der Waals surface area contributed by atoms with Crippen LogP contribution < -0.4 is 0 Å². The lowest BCUT2D eigenvalue weighted by Gasteiger charge is -2.21. The lowest BCUT2D eigenvalue weighted by molar-refractivity contribution is 0.244. The van der Waals surface area contributed by atoms with Crippen molar-refractivity contribution < 1.29 is 4.74 Å². The molecule has 15 heavy (non-hydrogen) atoms. The van der Waals surface area contributed by atoms with Crippen LogP contribution in [-0.4, -0.2) is 20.4 Å². The lowest BCUT2D eigenvalue weighted by atomic mass is 9.89. The first kappa shape index (κ1) is 12.0. The fourth-order valence-corrected chi connectivity index (χ4v) is 1.80.